The lowest BCUT2D eigenvalue weighted by Gasteiger charge is -2.08. The fourth-order valence-electron chi connectivity index (χ4n) is 1.41. The van der Waals surface area contributed by atoms with Gasteiger partial charge in [-0.25, -0.2) is 4.79 Å². The number of rotatable bonds is 2. The van der Waals surface area contributed by atoms with Gasteiger partial charge in [0.1, 0.15) is 5.69 Å². The first-order valence-electron chi connectivity index (χ1n) is 4.85. The zero-order chi connectivity index (χ0) is 14.2. The van der Waals surface area contributed by atoms with Crippen LogP contribution in [0.5, 0.6) is 0 Å². The lowest BCUT2D eigenvalue weighted by atomic mass is 10.1. The number of benzene rings is 1. The number of nitrogens with zero attached hydrogens (tertiary/aromatic N) is 1. The molecule has 1 aromatic carbocycles. The van der Waals surface area contributed by atoms with Crippen LogP contribution in [0.2, 0.25) is 0 Å². The molecule has 2 aromatic rings. The van der Waals surface area contributed by atoms with Gasteiger partial charge in [-0.3, -0.25) is 0 Å². The van der Waals surface area contributed by atoms with Gasteiger partial charge in [0.2, 0.25) is 5.76 Å². The second-order valence-electron chi connectivity index (χ2n) is 3.61. The van der Waals surface area contributed by atoms with Crippen LogP contribution >= 0.6 is 15.9 Å². The number of carbonyl (C=O) groups is 1. The molecule has 0 fully saturated rings. The minimum absolute atomic E-state index is 0.0178. The number of carboxylic acid groups (broad SMARTS) is 1. The zero-order valence-electron chi connectivity index (χ0n) is 9.03. The van der Waals surface area contributed by atoms with E-state index < -0.39 is 23.5 Å². The number of halogens is 4. The van der Waals surface area contributed by atoms with Crippen LogP contribution in [0.15, 0.2) is 33.3 Å². The molecule has 0 atom stereocenters. The average Bonchev–Trinajstić information content (AvgIpc) is 2.76. The Bertz CT molecular complexity index is 636. The molecule has 0 saturated heterocycles. The van der Waals surface area contributed by atoms with E-state index in [2.05, 4.69) is 25.6 Å². The molecule has 2 rings (SSSR count). The molecule has 0 amide bonds. The molecule has 4 nitrogen and oxygen atoms in total. The summed E-state index contributed by atoms with van der Waals surface area (Å²) in [5.74, 6) is -1.78. The summed E-state index contributed by atoms with van der Waals surface area (Å²) in [5, 5.41) is 12.1. The number of alkyl halides is 3. The third-order valence-electron chi connectivity index (χ3n) is 2.24. The first kappa shape index (κ1) is 13.6. The van der Waals surface area contributed by atoms with E-state index in [-0.39, 0.29) is 15.7 Å². The topological polar surface area (TPSA) is 63.3 Å². The highest BCUT2D eigenvalue weighted by Crippen LogP contribution is 2.34. The lowest BCUT2D eigenvalue weighted by molar-refractivity contribution is -0.137. The standard InChI is InChI=1S/C11H5BrF3NO3/c12-7-2-5(1-6(3-7)11(13,14)15)8-4-9(10(17)18)19-16-8/h1-4H,(H,17,18). The molecule has 0 bridgehead atoms. The summed E-state index contributed by atoms with van der Waals surface area (Å²) in [6, 6.07) is 4.24. The van der Waals surface area contributed by atoms with E-state index in [0.717, 1.165) is 18.2 Å². The summed E-state index contributed by atoms with van der Waals surface area (Å²) in [6.45, 7) is 0. The summed E-state index contributed by atoms with van der Waals surface area (Å²) >= 11 is 2.96. The van der Waals surface area contributed by atoms with Gasteiger partial charge in [-0.2, -0.15) is 13.2 Å². The van der Waals surface area contributed by atoms with Gasteiger partial charge in [-0.15, -0.1) is 0 Å². The highest BCUT2D eigenvalue weighted by atomic mass is 79.9. The Morgan fingerprint density at radius 3 is 2.47 bits per heavy atom. The fraction of sp³-hybridized carbons (Fsp3) is 0.0909. The smallest absolute Gasteiger partial charge is 0.416 e. The molecule has 0 aliphatic carbocycles. The molecule has 1 aromatic heterocycles. The van der Waals surface area contributed by atoms with Crippen LogP contribution in [0.1, 0.15) is 16.1 Å². The van der Waals surface area contributed by atoms with Crippen LogP contribution in [-0.4, -0.2) is 16.2 Å². The molecule has 0 unspecified atom stereocenters. The third-order valence-corrected chi connectivity index (χ3v) is 2.70. The van der Waals surface area contributed by atoms with E-state index in [1.54, 1.807) is 0 Å². The Labute approximate surface area is 113 Å². The molecule has 1 N–H and O–H groups in total. The van der Waals surface area contributed by atoms with E-state index in [4.69, 9.17) is 5.11 Å². The summed E-state index contributed by atoms with van der Waals surface area (Å²) in [5.41, 5.74) is -0.737. The molecule has 1 heterocycles. The Balaban J connectivity index is 2.50. The zero-order valence-corrected chi connectivity index (χ0v) is 10.6. The monoisotopic (exact) mass is 335 g/mol. The van der Waals surface area contributed by atoms with Crippen molar-refractivity contribution in [3.63, 3.8) is 0 Å². The largest absolute Gasteiger partial charge is 0.475 e. The van der Waals surface area contributed by atoms with Gasteiger partial charge in [-0.1, -0.05) is 21.1 Å². The van der Waals surface area contributed by atoms with Gasteiger partial charge in [0, 0.05) is 16.1 Å². The van der Waals surface area contributed by atoms with Gasteiger partial charge in [-0.05, 0) is 18.2 Å². The van der Waals surface area contributed by atoms with Crippen LogP contribution < -0.4 is 0 Å². The molecular formula is C11H5BrF3NO3. The van der Waals surface area contributed by atoms with Crippen molar-refractivity contribution in [3.05, 3.63) is 40.1 Å². The molecule has 0 saturated carbocycles. The van der Waals surface area contributed by atoms with Crippen molar-refractivity contribution in [2.24, 2.45) is 0 Å². The quantitative estimate of drug-likeness (QED) is 0.906. The van der Waals surface area contributed by atoms with Crippen LogP contribution in [0.3, 0.4) is 0 Å². The van der Waals surface area contributed by atoms with Crippen molar-refractivity contribution in [1.29, 1.82) is 0 Å². The normalized spacial score (nSPS) is 11.6. The van der Waals surface area contributed by atoms with E-state index in [1.807, 2.05) is 0 Å². The van der Waals surface area contributed by atoms with Crippen molar-refractivity contribution >= 4 is 21.9 Å². The van der Waals surface area contributed by atoms with Gasteiger partial charge < -0.3 is 9.63 Å². The Morgan fingerprint density at radius 1 is 1.26 bits per heavy atom. The van der Waals surface area contributed by atoms with Crippen molar-refractivity contribution in [2.45, 2.75) is 6.18 Å². The molecule has 100 valence electrons. The first-order chi connectivity index (χ1) is 8.77. The molecule has 8 heteroatoms. The number of aromatic carboxylic acids is 1. The van der Waals surface area contributed by atoms with E-state index in [9.17, 15) is 18.0 Å². The number of hydrogen-bond donors (Lipinski definition) is 1. The lowest BCUT2D eigenvalue weighted by Crippen LogP contribution is -2.04. The molecule has 0 spiro atoms. The first-order valence-corrected chi connectivity index (χ1v) is 5.65. The molecular weight excluding hydrogens is 331 g/mol. The van der Waals surface area contributed by atoms with Crippen molar-refractivity contribution < 1.29 is 27.6 Å². The molecule has 0 aliphatic rings. The van der Waals surface area contributed by atoms with Crippen LogP contribution in [-0.2, 0) is 6.18 Å². The van der Waals surface area contributed by atoms with E-state index in [0.29, 0.717) is 0 Å². The fourth-order valence-corrected chi connectivity index (χ4v) is 1.91. The number of hydrogen-bond acceptors (Lipinski definition) is 3. The maximum absolute atomic E-state index is 12.6. The van der Waals surface area contributed by atoms with Crippen LogP contribution in [0.25, 0.3) is 11.3 Å². The number of carboxylic acids is 1. The second kappa shape index (κ2) is 4.69. The summed E-state index contributed by atoms with van der Waals surface area (Å²) in [7, 11) is 0. The van der Waals surface area contributed by atoms with Crippen LogP contribution in [0, 0.1) is 0 Å². The van der Waals surface area contributed by atoms with Gasteiger partial charge in [0.05, 0.1) is 5.56 Å². The minimum atomic E-state index is -4.50. The Kier molecular flexibility index (Phi) is 3.36. The predicted octanol–water partition coefficient (Wildman–Crippen LogP) is 3.82. The SMILES string of the molecule is O=C(O)c1cc(-c2cc(Br)cc(C(F)(F)F)c2)no1. The van der Waals surface area contributed by atoms with Gasteiger partial charge >= 0.3 is 12.1 Å². The van der Waals surface area contributed by atoms with E-state index >= 15 is 0 Å². The highest BCUT2D eigenvalue weighted by Gasteiger charge is 2.31. The van der Waals surface area contributed by atoms with Crippen molar-refractivity contribution in [2.75, 3.05) is 0 Å². The maximum atomic E-state index is 12.6. The van der Waals surface area contributed by atoms with E-state index in [1.165, 1.54) is 6.07 Å². The third kappa shape index (κ3) is 2.95. The molecule has 0 aliphatic heterocycles. The average molecular weight is 336 g/mol. The minimum Gasteiger partial charge on any atom is -0.475 e. The second-order valence-corrected chi connectivity index (χ2v) is 4.52. The van der Waals surface area contributed by atoms with Gasteiger partial charge in [0.25, 0.3) is 0 Å². The molecule has 19 heavy (non-hydrogen) atoms. The Morgan fingerprint density at radius 2 is 1.95 bits per heavy atom. The summed E-state index contributed by atoms with van der Waals surface area (Å²) < 4.78 is 42.6. The molecule has 0 radical (unpaired) electrons. The van der Waals surface area contributed by atoms with Crippen molar-refractivity contribution in [1.82, 2.24) is 5.16 Å². The highest BCUT2D eigenvalue weighted by molar-refractivity contribution is 9.10. The summed E-state index contributed by atoms with van der Waals surface area (Å²) in [4.78, 5) is 10.6. The van der Waals surface area contributed by atoms with Crippen molar-refractivity contribution in [3.8, 4) is 11.3 Å². The van der Waals surface area contributed by atoms with Crippen LogP contribution in [0.4, 0.5) is 13.2 Å². The summed E-state index contributed by atoms with van der Waals surface area (Å²) in [6.07, 6.45) is -4.50. The maximum Gasteiger partial charge on any atom is 0.416 e. The number of aromatic nitrogens is 1. The Hall–Kier alpha value is -1.83. The van der Waals surface area contributed by atoms with Gasteiger partial charge in [0.15, 0.2) is 0 Å². The predicted molar refractivity (Wildman–Crippen MR) is 61.6 cm³/mol.